The molecule has 0 saturated carbocycles. The van der Waals surface area contributed by atoms with Gasteiger partial charge in [0.05, 0.1) is 12.1 Å². The maximum absolute atomic E-state index is 10.6. The van der Waals surface area contributed by atoms with E-state index in [1.807, 2.05) is 0 Å². The molecule has 0 amide bonds. The topological polar surface area (TPSA) is 95.9 Å². The molecule has 0 aliphatic rings. The molecule has 2 N–H and O–H groups in total. The average Bonchev–Trinajstić information content (AvgIpc) is 2.01. The van der Waals surface area contributed by atoms with Crippen molar-refractivity contribution in [1.82, 2.24) is 15.4 Å². The average molecular weight is 169 g/mol. The number of carboxylic acids is 1. The van der Waals surface area contributed by atoms with Crippen LogP contribution >= 0.6 is 0 Å². The quantitative estimate of drug-likeness (QED) is 0.616. The zero-order valence-electron chi connectivity index (χ0n) is 6.15. The van der Waals surface area contributed by atoms with E-state index >= 15 is 0 Å². The number of aryl methyl sites for hydroxylation is 1. The summed E-state index contributed by atoms with van der Waals surface area (Å²) < 4.78 is 0. The molecule has 1 rings (SSSR count). The van der Waals surface area contributed by atoms with Gasteiger partial charge in [0.2, 0.25) is 0 Å². The second-order valence-electron chi connectivity index (χ2n) is 2.21. The van der Waals surface area contributed by atoms with Crippen LogP contribution < -0.4 is 5.56 Å². The van der Waals surface area contributed by atoms with Crippen molar-refractivity contribution in [3.8, 4) is 0 Å². The van der Waals surface area contributed by atoms with Crippen LogP contribution in [0.4, 0.5) is 0 Å². The molecule has 0 atom stereocenters. The minimum atomic E-state index is -0.919. The number of carboxylic acid groups (broad SMARTS) is 1. The van der Waals surface area contributed by atoms with Gasteiger partial charge in [-0.25, -0.2) is 5.10 Å². The molecule has 6 nitrogen and oxygen atoms in total. The van der Waals surface area contributed by atoms with Gasteiger partial charge in [0, 0.05) is 12.5 Å². The van der Waals surface area contributed by atoms with Crippen LogP contribution in [0.5, 0.6) is 0 Å². The highest BCUT2D eigenvalue weighted by atomic mass is 16.4. The van der Waals surface area contributed by atoms with Crippen molar-refractivity contribution < 1.29 is 9.90 Å². The van der Waals surface area contributed by atoms with Crippen LogP contribution in [0.25, 0.3) is 0 Å². The van der Waals surface area contributed by atoms with Gasteiger partial charge in [0.15, 0.2) is 0 Å². The van der Waals surface area contributed by atoms with E-state index in [4.69, 9.17) is 5.11 Å². The highest BCUT2D eigenvalue weighted by Crippen LogP contribution is 1.92. The SMILES string of the molecule is O=C(O)CCc1cc(=O)[nH]nn1. The van der Waals surface area contributed by atoms with E-state index in [9.17, 15) is 9.59 Å². The molecule has 0 unspecified atom stereocenters. The summed E-state index contributed by atoms with van der Waals surface area (Å²) in [5.41, 5.74) is 0.0199. The van der Waals surface area contributed by atoms with Crippen molar-refractivity contribution in [3.63, 3.8) is 0 Å². The lowest BCUT2D eigenvalue weighted by atomic mass is 10.2. The van der Waals surface area contributed by atoms with Gasteiger partial charge in [-0.3, -0.25) is 9.59 Å². The van der Waals surface area contributed by atoms with E-state index in [0.717, 1.165) is 0 Å². The first-order valence-electron chi connectivity index (χ1n) is 3.31. The molecule has 0 fully saturated rings. The van der Waals surface area contributed by atoms with Gasteiger partial charge in [-0.15, -0.1) is 5.10 Å². The van der Waals surface area contributed by atoms with Crippen LogP contribution in [0.1, 0.15) is 12.1 Å². The Balaban J connectivity index is 2.64. The molecule has 0 aromatic carbocycles. The number of hydrogen-bond donors (Lipinski definition) is 2. The van der Waals surface area contributed by atoms with Gasteiger partial charge < -0.3 is 5.11 Å². The molecule has 1 aromatic rings. The van der Waals surface area contributed by atoms with E-state index in [-0.39, 0.29) is 18.4 Å². The third-order valence-electron chi connectivity index (χ3n) is 1.23. The number of nitrogens with one attached hydrogen (secondary N) is 1. The van der Waals surface area contributed by atoms with Crippen molar-refractivity contribution >= 4 is 5.97 Å². The lowest BCUT2D eigenvalue weighted by Gasteiger charge is -1.92. The molecule has 0 spiro atoms. The summed E-state index contributed by atoms with van der Waals surface area (Å²) in [5.74, 6) is -0.919. The Labute approximate surface area is 67.2 Å². The molecular formula is C6H7N3O3. The highest BCUT2D eigenvalue weighted by molar-refractivity contribution is 5.66. The molecular weight excluding hydrogens is 162 g/mol. The van der Waals surface area contributed by atoms with Crippen molar-refractivity contribution in [1.29, 1.82) is 0 Å². The van der Waals surface area contributed by atoms with Crippen molar-refractivity contribution in [2.45, 2.75) is 12.8 Å². The molecule has 12 heavy (non-hydrogen) atoms. The third-order valence-corrected chi connectivity index (χ3v) is 1.23. The van der Waals surface area contributed by atoms with Crippen LogP contribution in [-0.4, -0.2) is 26.5 Å². The molecule has 0 radical (unpaired) electrons. The Hall–Kier alpha value is -1.72. The van der Waals surface area contributed by atoms with Crippen LogP contribution in [0, 0.1) is 0 Å². The van der Waals surface area contributed by atoms with Crippen LogP contribution in [0.2, 0.25) is 0 Å². The van der Waals surface area contributed by atoms with Crippen LogP contribution in [-0.2, 0) is 11.2 Å². The number of aliphatic carboxylic acids is 1. The summed E-state index contributed by atoms with van der Waals surface area (Å²) >= 11 is 0. The molecule has 0 bridgehead atoms. The monoisotopic (exact) mass is 169 g/mol. The Morgan fingerprint density at radius 3 is 3.00 bits per heavy atom. The molecule has 1 aromatic heterocycles. The molecule has 6 heteroatoms. The normalized spacial score (nSPS) is 9.67. The van der Waals surface area contributed by atoms with Crippen molar-refractivity contribution in [2.75, 3.05) is 0 Å². The largest absolute Gasteiger partial charge is 0.481 e. The van der Waals surface area contributed by atoms with Gasteiger partial charge >= 0.3 is 5.97 Å². The summed E-state index contributed by atoms with van der Waals surface area (Å²) in [6.07, 6.45) is 0.185. The molecule has 0 aliphatic heterocycles. The van der Waals surface area contributed by atoms with Gasteiger partial charge in [-0.2, -0.15) is 0 Å². The molecule has 64 valence electrons. The van der Waals surface area contributed by atoms with Gasteiger partial charge in [0.1, 0.15) is 0 Å². The van der Waals surface area contributed by atoms with Gasteiger partial charge in [-0.05, 0) is 0 Å². The zero-order valence-corrected chi connectivity index (χ0v) is 6.15. The molecule has 0 aliphatic carbocycles. The fourth-order valence-electron chi connectivity index (χ4n) is 0.708. The zero-order chi connectivity index (χ0) is 8.97. The predicted octanol–water partition coefficient (Wildman–Crippen LogP) is -0.818. The number of aromatic nitrogens is 3. The summed E-state index contributed by atoms with van der Waals surface area (Å²) in [7, 11) is 0. The van der Waals surface area contributed by atoms with Crippen molar-refractivity contribution in [2.24, 2.45) is 0 Å². The first-order valence-corrected chi connectivity index (χ1v) is 3.31. The standard InChI is InChI=1S/C6H7N3O3/c10-5-3-4(7-9-8-5)1-2-6(11)12/h3H,1-2H2,(H,11,12)(H,7,8,10). The lowest BCUT2D eigenvalue weighted by molar-refractivity contribution is -0.136. The van der Waals surface area contributed by atoms with Crippen LogP contribution in [0.3, 0.4) is 0 Å². The Kier molecular flexibility index (Phi) is 2.52. The maximum atomic E-state index is 10.6. The number of aromatic amines is 1. The summed E-state index contributed by atoms with van der Waals surface area (Å²) in [6, 6.07) is 1.23. The summed E-state index contributed by atoms with van der Waals surface area (Å²) in [4.78, 5) is 20.8. The van der Waals surface area contributed by atoms with Gasteiger partial charge in [0.25, 0.3) is 5.56 Å². The molecule has 0 saturated heterocycles. The minimum Gasteiger partial charge on any atom is -0.481 e. The van der Waals surface area contributed by atoms with E-state index in [2.05, 4.69) is 15.4 Å². The van der Waals surface area contributed by atoms with Crippen LogP contribution in [0.15, 0.2) is 10.9 Å². The number of hydrogen-bond acceptors (Lipinski definition) is 4. The van der Waals surface area contributed by atoms with E-state index < -0.39 is 5.97 Å². The number of rotatable bonds is 3. The lowest BCUT2D eigenvalue weighted by Crippen LogP contribution is -2.11. The summed E-state index contributed by atoms with van der Waals surface area (Å²) in [5, 5.41) is 17.2. The van der Waals surface area contributed by atoms with E-state index in [1.54, 1.807) is 0 Å². The number of H-pyrrole nitrogens is 1. The fourth-order valence-corrected chi connectivity index (χ4v) is 0.708. The first kappa shape index (κ1) is 8.38. The molecule has 1 heterocycles. The smallest absolute Gasteiger partial charge is 0.303 e. The van der Waals surface area contributed by atoms with Crippen molar-refractivity contribution in [3.05, 3.63) is 22.1 Å². The second-order valence-corrected chi connectivity index (χ2v) is 2.21. The number of nitrogens with zero attached hydrogens (tertiary/aromatic N) is 2. The maximum Gasteiger partial charge on any atom is 0.303 e. The second kappa shape index (κ2) is 3.61. The Morgan fingerprint density at radius 2 is 2.42 bits per heavy atom. The first-order chi connectivity index (χ1) is 5.68. The van der Waals surface area contributed by atoms with E-state index in [0.29, 0.717) is 5.69 Å². The predicted molar refractivity (Wildman–Crippen MR) is 38.6 cm³/mol. The number of carbonyl (C=O) groups is 1. The van der Waals surface area contributed by atoms with Gasteiger partial charge in [-0.1, -0.05) is 5.21 Å². The third kappa shape index (κ3) is 2.49. The fraction of sp³-hybridized carbons (Fsp3) is 0.333. The highest BCUT2D eigenvalue weighted by Gasteiger charge is 2.00. The Bertz CT molecular complexity index is 333. The Morgan fingerprint density at radius 1 is 1.67 bits per heavy atom. The van der Waals surface area contributed by atoms with E-state index in [1.165, 1.54) is 6.07 Å². The minimum absolute atomic E-state index is 0.0435. The summed E-state index contributed by atoms with van der Waals surface area (Å²) in [6.45, 7) is 0.